The maximum absolute atomic E-state index is 4.45. The van der Waals surface area contributed by atoms with Crippen LogP contribution in [0, 0.1) is 12.8 Å². The minimum Gasteiger partial charge on any atom is -0.311 e. The summed E-state index contributed by atoms with van der Waals surface area (Å²) in [6.07, 6.45) is 7.59. The highest BCUT2D eigenvalue weighted by Crippen LogP contribution is 2.33. The maximum atomic E-state index is 4.45. The molecule has 1 aromatic carbocycles. The Morgan fingerprint density at radius 3 is 2.80 bits per heavy atom. The average molecular weight is 269 g/mol. The van der Waals surface area contributed by atoms with Gasteiger partial charge in [0.2, 0.25) is 0 Å². The molecule has 2 aromatic rings. The zero-order valence-corrected chi connectivity index (χ0v) is 12.2. The SMILES string of the molecule is Cc1ncc(CNCCCC2CC2)n1-c1ccccc1. The maximum Gasteiger partial charge on any atom is 0.110 e. The van der Waals surface area contributed by atoms with Gasteiger partial charge in [0.25, 0.3) is 0 Å². The Bertz CT molecular complexity index is 541. The van der Waals surface area contributed by atoms with Crippen LogP contribution in [0.3, 0.4) is 0 Å². The number of nitrogens with zero attached hydrogens (tertiary/aromatic N) is 2. The second-order valence-corrected chi connectivity index (χ2v) is 5.73. The van der Waals surface area contributed by atoms with Crippen molar-refractivity contribution in [2.75, 3.05) is 6.54 Å². The third-order valence-corrected chi connectivity index (χ3v) is 3.99. The summed E-state index contributed by atoms with van der Waals surface area (Å²) in [5.41, 5.74) is 2.43. The minimum atomic E-state index is 0.889. The third kappa shape index (κ3) is 3.28. The number of aromatic nitrogens is 2. The molecule has 1 aliphatic carbocycles. The van der Waals surface area contributed by atoms with E-state index in [4.69, 9.17) is 0 Å². The Morgan fingerprint density at radius 2 is 2.05 bits per heavy atom. The Morgan fingerprint density at radius 1 is 1.25 bits per heavy atom. The van der Waals surface area contributed by atoms with Gasteiger partial charge in [0, 0.05) is 12.2 Å². The molecule has 20 heavy (non-hydrogen) atoms. The molecule has 3 rings (SSSR count). The van der Waals surface area contributed by atoms with E-state index in [0.717, 1.165) is 24.8 Å². The summed E-state index contributed by atoms with van der Waals surface area (Å²) >= 11 is 0. The van der Waals surface area contributed by atoms with Crippen LogP contribution in [0.5, 0.6) is 0 Å². The predicted octanol–water partition coefficient (Wildman–Crippen LogP) is 3.46. The lowest BCUT2D eigenvalue weighted by atomic mass is 10.2. The first-order valence-electron chi connectivity index (χ1n) is 7.64. The molecule has 0 atom stereocenters. The van der Waals surface area contributed by atoms with Gasteiger partial charge in [-0.05, 0) is 44.4 Å². The van der Waals surface area contributed by atoms with Crippen molar-refractivity contribution in [2.24, 2.45) is 5.92 Å². The Kier molecular flexibility index (Phi) is 4.16. The molecule has 0 spiro atoms. The van der Waals surface area contributed by atoms with Crippen LogP contribution in [0.25, 0.3) is 5.69 Å². The first-order chi connectivity index (χ1) is 9.84. The smallest absolute Gasteiger partial charge is 0.110 e. The first kappa shape index (κ1) is 13.4. The molecule has 1 aromatic heterocycles. The Balaban J connectivity index is 1.58. The Labute approximate surface area is 121 Å². The molecule has 0 bridgehead atoms. The van der Waals surface area contributed by atoms with E-state index in [2.05, 4.69) is 46.1 Å². The van der Waals surface area contributed by atoms with Crippen molar-refractivity contribution in [2.45, 2.75) is 39.2 Å². The van der Waals surface area contributed by atoms with Crippen molar-refractivity contribution in [3.8, 4) is 5.69 Å². The summed E-state index contributed by atoms with van der Waals surface area (Å²) in [6.45, 7) is 4.06. The summed E-state index contributed by atoms with van der Waals surface area (Å²) < 4.78 is 2.23. The van der Waals surface area contributed by atoms with Crippen molar-refractivity contribution in [3.05, 3.63) is 48.0 Å². The van der Waals surface area contributed by atoms with Crippen LogP contribution >= 0.6 is 0 Å². The molecule has 1 aliphatic rings. The average Bonchev–Trinajstić information content (AvgIpc) is 3.22. The van der Waals surface area contributed by atoms with Gasteiger partial charge in [-0.25, -0.2) is 4.98 Å². The van der Waals surface area contributed by atoms with Crippen LogP contribution in [0.4, 0.5) is 0 Å². The number of nitrogens with one attached hydrogen (secondary N) is 1. The molecule has 0 amide bonds. The molecule has 1 heterocycles. The van der Waals surface area contributed by atoms with E-state index in [1.165, 1.54) is 37.1 Å². The van der Waals surface area contributed by atoms with E-state index in [1.54, 1.807) is 0 Å². The van der Waals surface area contributed by atoms with Crippen LogP contribution in [-0.4, -0.2) is 16.1 Å². The third-order valence-electron chi connectivity index (χ3n) is 3.99. The largest absolute Gasteiger partial charge is 0.311 e. The van der Waals surface area contributed by atoms with Gasteiger partial charge in [0.15, 0.2) is 0 Å². The van der Waals surface area contributed by atoms with Gasteiger partial charge in [0.05, 0.1) is 11.9 Å². The zero-order valence-electron chi connectivity index (χ0n) is 12.2. The van der Waals surface area contributed by atoms with Gasteiger partial charge < -0.3 is 5.32 Å². The van der Waals surface area contributed by atoms with Crippen molar-refractivity contribution < 1.29 is 0 Å². The van der Waals surface area contributed by atoms with Gasteiger partial charge in [0.1, 0.15) is 5.82 Å². The highest BCUT2D eigenvalue weighted by molar-refractivity contribution is 5.35. The normalized spacial score (nSPS) is 14.7. The van der Waals surface area contributed by atoms with Crippen molar-refractivity contribution in [3.63, 3.8) is 0 Å². The van der Waals surface area contributed by atoms with E-state index >= 15 is 0 Å². The number of hydrogen-bond donors (Lipinski definition) is 1. The number of hydrogen-bond acceptors (Lipinski definition) is 2. The Hall–Kier alpha value is -1.61. The standard InChI is InChI=1S/C17H23N3/c1-14-19-13-17(12-18-11-5-6-15-9-10-15)20(14)16-7-3-2-4-8-16/h2-4,7-8,13,15,18H,5-6,9-12H2,1H3. The summed E-state index contributed by atoms with van der Waals surface area (Å²) in [5.74, 6) is 2.08. The second-order valence-electron chi connectivity index (χ2n) is 5.73. The van der Waals surface area contributed by atoms with E-state index in [-0.39, 0.29) is 0 Å². The van der Waals surface area contributed by atoms with E-state index in [0.29, 0.717) is 0 Å². The molecule has 1 saturated carbocycles. The summed E-state index contributed by atoms with van der Waals surface area (Å²) in [4.78, 5) is 4.45. The lowest BCUT2D eigenvalue weighted by Crippen LogP contribution is -2.17. The molecule has 1 fully saturated rings. The van der Waals surface area contributed by atoms with E-state index in [9.17, 15) is 0 Å². The highest BCUT2D eigenvalue weighted by Gasteiger charge is 2.19. The minimum absolute atomic E-state index is 0.889. The fraction of sp³-hybridized carbons (Fsp3) is 0.471. The van der Waals surface area contributed by atoms with Crippen molar-refractivity contribution in [1.29, 1.82) is 0 Å². The fourth-order valence-corrected chi connectivity index (χ4v) is 2.68. The van der Waals surface area contributed by atoms with E-state index in [1.807, 2.05) is 12.3 Å². The molecule has 106 valence electrons. The lowest BCUT2D eigenvalue weighted by Gasteiger charge is -2.11. The molecule has 0 saturated heterocycles. The van der Waals surface area contributed by atoms with Gasteiger partial charge in [-0.3, -0.25) is 4.57 Å². The summed E-state index contributed by atoms with van der Waals surface area (Å²) in [6, 6.07) is 10.4. The lowest BCUT2D eigenvalue weighted by molar-refractivity contribution is 0.586. The number of benzene rings is 1. The quantitative estimate of drug-likeness (QED) is 0.780. The van der Waals surface area contributed by atoms with Crippen LogP contribution in [0.1, 0.15) is 37.2 Å². The van der Waals surface area contributed by atoms with Crippen molar-refractivity contribution in [1.82, 2.24) is 14.9 Å². The summed E-state index contributed by atoms with van der Waals surface area (Å²) in [7, 11) is 0. The number of imidazole rings is 1. The number of rotatable bonds is 7. The fourth-order valence-electron chi connectivity index (χ4n) is 2.68. The molecule has 1 N–H and O–H groups in total. The number of para-hydroxylation sites is 1. The van der Waals surface area contributed by atoms with Crippen LogP contribution in [0.15, 0.2) is 36.5 Å². The molecular formula is C17H23N3. The van der Waals surface area contributed by atoms with Gasteiger partial charge >= 0.3 is 0 Å². The molecule has 0 unspecified atom stereocenters. The summed E-state index contributed by atoms with van der Waals surface area (Å²) in [5, 5.41) is 3.55. The predicted molar refractivity (Wildman–Crippen MR) is 82.0 cm³/mol. The molecule has 0 aliphatic heterocycles. The molecule has 0 radical (unpaired) electrons. The molecule has 3 nitrogen and oxygen atoms in total. The van der Waals surface area contributed by atoms with E-state index < -0.39 is 0 Å². The zero-order chi connectivity index (χ0) is 13.8. The monoisotopic (exact) mass is 269 g/mol. The second kappa shape index (κ2) is 6.23. The van der Waals surface area contributed by atoms with Gasteiger partial charge in [-0.15, -0.1) is 0 Å². The van der Waals surface area contributed by atoms with Crippen LogP contribution in [-0.2, 0) is 6.54 Å². The van der Waals surface area contributed by atoms with Crippen LogP contribution in [0.2, 0.25) is 0 Å². The topological polar surface area (TPSA) is 29.9 Å². The van der Waals surface area contributed by atoms with Gasteiger partial charge in [-0.1, -0.05) is 31.0 Å². The first-order valence-corrected chi connectivity index (χ1v) is 7.64. The molecular weight excluding hydrogens is 246 g/mol. The number of aryl methyl sites for hydroxylation is 1. The highest BCUT2D eigenvalue weighted by atomic mass is 15.1. The van der Waals surface area contributed by atoms with Crippen molar-refractivity contribution >= 4 is 0 Å². The molecule has 3 heteroatoms. The van der Waals surface area contributed by atoms with Crippen LogP contribution < -0.4 is 5.32 Å². The van der Waals surface area contributed by atoms with Gasteiger partial charge in [-0.2, -0.15) is 0 Å².